The van der Waals surface area contributed by atoms with Gasteiger partial charge in [0, 0.05) is 18.8 Å². The van der Waals surface area contributed by atoms with Crippen LogP contribution in [0.4, 0.5) is 5.82 Å². The van der Waals surface area contributed by atoms with Crippen LogP contribution in [0.1, 0.15) is 19.4 Å². The van der Waals surface area contributed by atoms with Crippen LogP contribution in [-0.4, -0.2) is 48.0 Å². The van der Waals surface area contributed by atoms with Crippen molar-refractivity contribution in [2.45, 2.75) is 20.3 Å². The summed E-state index contributed by atoms with van der Waals surface area (Å²) in [6.07, 6.45) is 4.54. The van der Waals surface area contributed by atoms with Crippen LogP contribution in [0.5, 0.6) is 17.2 Å². The van der Waals surface area contributed by atoms with E-state index in [1.165, 1.54) is 32.8 Å². The maximum absolute atomic E-state index is 13.4. The van der Waals surface area contributed by atoms with Crippen molar-refractivity contribution in [2.24, 2.45) is 4.99 Å². The van der Waals surface area contributed by atoms with Gasteiger partial charge in [-0.05, 0) is 31.5 Å². The van der Waals surface area contributed by atoms with Crippen molar-refractivity contribution in [1.82, 2.24) is 9.97 Å². The smallest absolute Gasteiger partial charge is 0.375 e. The molecule has 1 aromatic carbocycles. The molecule has 0 saturated heterocycles. The number of phenolic OH excluding ortho intramolecular Hbond substituents is 1. The molecular formula is C18H24N3O6P. The summed E-state index contributed by atoms with van der Waals surface area (Å²) in [7, 11) is -0.824. The molecule has 1 heterocycles. The van der Waals surface area contributed by atoms with E-state index < -0.39 is 7.60 Å². The predicted molar refractivity (Wildman–Crippen MR) is 105 cm³/mol. The number of nitrogens with zero attached hydrogens (tertiary/aromatic N) is 3. The van der Waals surface area contributed by atoms with Crippen LogP contribution in [0.2, 0.25) is 0 Å². The van der Waals surface area contributed by atoms with E-state index in [2.05, 4.69) is 15.0 Å². The van der Waals surface area contributed by atoms with Gasteiger partial charge in [-0.25, -0.2) is 9.98 Å². The van der Waals surface area contributed by atoms with Crippen molar-refractivity contribution in [3.63, 3.8) is 0 Å². The van der Waals surface area contributed by atoms with Gasteiger partial charge >= 0.3 is 7.60 Å². The monoisotopic (exact) mass is 409 g/mol. The third kappa shape index (κ3) is 5.28. The Morgan fingerprint density at radius 1 is 1.11 bits per heavy atom. The average Bonchev–Trinajstić information content (AvgIpc) is 2.69. The molecule has 0 aliphatic heterocycles. The number of aromatic nitrogens is 2. The maximum atomic E-state index is 13.4. The lowest BCUT2D eigenvalue weighted by atomic mass is 10.1. The third-order valence-corrected chi connectivity index (χ3v) is 5.70. The lowest BCUT2D eigenvalue weighted by Crippen LogP contribution is -2.11. The minimum absolute atomic E-state index is 0.0981. The van der Waals surface area contributed by atoms with Crippen molar-refractivity contribution < 1.29 is 28.2 Å². The van der Waals surface area contributed by atoms with Gasteiger partial charge < -0.3 is 23.6 Å². The molecule has 0 fully saturated rings. The minimum Gasteiger partial charge on any atom is -0.502 e. The molecule has 0 atom stereocenters. The molecule has 0 spiro atoms. The molecule has 0 radical (unpaired) electrons. The van der Waals surface area contributed by atoms with Gasteiger partial charge in [0.25, 0.3) is 0 Å². The molecule has 0 unspecified atom stereocenters. The van der Waals surface area contributed by atoms with Crippen LogP contribution >= 0.6 is 7.60 Å². The van der Waals surface area contributed by atoms with Gasteiger partial charge in [0.1, 0.15) is 5.45 Å². The predicted octanol–water partition coefficient (Wildman–Crippen LogP) is 3.74. The first kappa shape index (κ1) is 21.8. The topological polar surface area (TPSA) is 112 Å². The van der Waals surface area contributed by atoms with E-state index in [0.717, 1.165) is 0 Å². The Morgan fingerprint density at radius 3 is 2.18 bits per heavy atom. The Hall–Kier alpha value is -2.48. The average molecular weight is 409 g/mol. The summed E-state index contributed by atoms with van der Waals surface area (Å²) in [5, 5.41) is 10.1. The zero-order chi connectivity index (χ0) is 20.6. The van der Waals surface area contributed by atoms with Crippen LogP contribution < -0.4 is 9.47 Å². The Morgan fingerprint density at radius 2 is 1.71 bits per heavy atom. The van der Waals surface area contributed by atoms with E-state index in [1.54, 1.807) is 26.0 Å². The fourth-order valence-electron chi connectivity index (χ4n) is 2.44. The highest BCUT2D eigenvalue weighted by Crippen LogP contribution is 2.51. The fraction of sp³-hybridized carbons (Fsp3) is 0.389. The Bertz CT molecular complexity index is 825. The number of rotatable bonds is 10. The van der Waals surface area contributed by atoms with E-state index >= 15 is 0 Å². The summed E-state index contributed by atoms with van der Waals surface area (Å²) >= 11 is 0. The Labute approximate surface area is 163 Å². The van der Waals surface area contributed by atoms with Crippen LogP contribution in [-0.2, 0) is 20.0 Å². The molecular weight excluding hydrogens is 385 g/mol. The summed E-state index contributed by atoms with van der Waals surface area (Å²) in [6.45, 7) is 3.80. The number of benzene rings is 1. The second kappa shape index (κ2) is 10.2. The van der Waals surface area contributed by atoms with Crippen LogP contribution in [0.15, 0.2) is 35.7 Å². The van der Waals surface area contributed by atoms with Gasteiger partial charge in [0.15, 0.2) is 17.3 Å². The number of methoxy groups -OCH3 is 2. The highest BCUT2D eigenvalue weighted by molar-refractivity contribution is 7.72. The van der Waals surface area contributed by atoms with Gasteiger partial charge in [0.2, 0.25) is 5.75 Å². The highest BCUT2D eigenvalue weighted by atomic mass is 31.2. The van der Waals surface area contributed by atoms with Crippen LogP contribution in [0.3, 0.4) is 0 Å². The molecule has 2 rings (SSSR count). The lowest BCUT2D eigenvalue weighted by Gasteiger charge is -2.19. The van der Waals surface area contributed by atoms with E-state index in [9.17, 15) is 9.67 Å². The summed E-state index contributed by atoms with van der Waals surface area (Å²) in [5.41, 5.74) is 0.792. The third-order valence-electron chi connectivity index (χ3n) is 3.61. The largest absolute Gasteiger partial charge is 0.502 e. The Kier molecular flexibility index (Phi) is 7.92. The molecule has 0 amide bonds. The number of hydrogen-bond acceptors (Lipinski definition) is 9. The van der Waals surface area contributed by atoms with Gasteiger partial charge in [-0.15, -0.1) is 0 Å². The van der Waals surface area contributed by atoms with Crippen LogP contribution in [0, 0.1) is 0 Å². The minimum atomic E-state index is -3.68. The summed E-state index contributed by atoms with van der Waals surface area (Å²) < 4.78 is 34.6. The standard InChI is InChI=1S/C18H24N3O6P/c1-5-26-28(23,27-6-2)17(21-16-12-19-7-8-20-16)11-13-9-14(24-3)18(22)15(10-13)25-4/h7-10,12,22H,5-6,11H2,1-4H3. The van der Waals surface area contributed by atoms with Crippen molar-refractivity contribution in [3.05, 3.63) is 36.3 Å². The van der Waals surface area contributed by atoms with Gasteiger partial charge in [0.05, 0.1) is 33.6 Å². The zero-order valence-corrected chi connectivity index (χ0v) is 17.2. The van der Waals surface area contributed by atoms with E-state index in [-0.39, 0.29) is 48.2 Å². The van der Waals surface area contributed by atoms with E-state index in [0.29, 0.717) is 5.56 Å². The van der Waals surface area contributed by atoms with Crippen molar-refractivity contribution in [1.29, 1.82) is 0 Å². The normalized spacial score (nSPS) is 12.1. The fourth-order valence-corrected chi connectivity index (χ4v) is 4.09. The molecule has 0 saturated carbocycles. The SMILES string of the molecule is CCOP(=O)(OCC)C(Cc1cc(OC)c(O)c(OC)c1)=Nc1cnccn1. The van der Waals surface area contributed by atoms with Crippen molar-refractivity contribution in [3.8, 4) is 17.2 Å². The molecule has 152 valence electrons. The highest BCUT2D eigenvalue weighted by Gasteiger charge is 2.32. The second-order valence-electron chi connectivity index (χ2n) is 5.45. The van der Waals surface area contributed by atoms with Crippen molar-refractivity contribution in [2.75, 3.05) is 27.4 Å². The number of aromatic hydroxyl groups is 1. The number of aliphatic imine (C=N–C) groups is 1. The molecule has 0 bridgehead atoms. The maximum Gasteiger partial charge on any atom is 0.375 e. The molecule has 1 aromatic heterocycles. The quantitative estimate of drug-likeness (QED) is 0.466. The van der Waals surface area contributed by atoms with E-state index in [4.69, 9.17) is 18.5 Å². The second-order valence-corrected chi connectivity index (χ2v) is 7.48. The summed E-state index contributed by atoms with van der Waals surface area (Å²) in [6, 6.07) is 3.21. The molecule has 1 N–H and O–H groups in total. The number of ether oxygens (including phenoxy) is 2. The molecule has 2 aromatic rings. The molecule has 10 heteroatoms. The number of phenols is 1. The van der Waals surface area contributed by atoms with Gasteiger partial charge in [-0.3, -0.25) is 9.55 Å². The summed E-state index contributed by atoms with van der Waals surface area (Å²) in [4.78, 5) is 12.5. The number of hydrogen-bond donors (Lipinski definition) is 1. The van der Waals surface area contributed by atoms with Crippen LogP contribution in [0.25, 0.3) is 0 Å². The first-order valence-corrected chi connectivity index (χ1v) is 10.2. The molecule has 0 aliphatic carbocycles. The molecule has 28 heavy (non-hydrogen) atoms. The lowest BCUT2D eigenvalue weighted by molar-refractivity contribution is 0.232. The summed E-state index contributed by atoms with van der Waals surface area (Å²) in [5.74, 6) is 0.584. The first-order chi connectivity index (χ1) is 13.5. The zero-order valence-electron chi connectivity index (χ0n) is 16.3. The molecule has 9 nitrogen and oxygen atoms in total. The Balaban J connectivity index is 2.54. The van der Waals surface area contributed by atoms with Gasteiger partial charge in [-0.2, -0.15) is 0 Å². The first-order valence-electron chi connectivity index (χ1n) is 8.64. The van der Waals surface area contributed by atoms with Crippen molar-refractivity contribution >= 4 is 18.9 Å². The van der Waals surface area contributed by atoms with Gasteiger partial charge in [-0.1, -0.05) is 0 Å². The molecule has 0 aliphatic rings. The van der Waals surface area contributed by atoms with E-state index in [1.807, 2.05) is 0 Å².